The van der Waals surface area contributed by atoms with Gasteiger partial charge in [0.2, 0.25) is 5.91 Å². The second kappa shape index (κ2) is 5.69. The first-order valence-corrected chi connectivity index (χ1v) is 6.62. The van der Waals surface area contributed by atoms with E-state index in [1.807, 2.05) is 20.8 Å². The van der Waals surface area contributed by atoms with Crippen LogP contribution in [0.25, 0.3) is 0 Å². The van der Waals surface area contributed by atoms with Crippen LogP contribution in [0.4, 0.5) is 0 Å². The number of amides is 1. The van der Waals surface area contributed by atoms with Crippen LogP contribution in [0.5, 0.6) is 0 Å². The fourth-order valence-corrected chi connectivity index (χ4v) is 2.43. The van der Waals surface area contributed by atoms with Gasteiger partial charge in [0.1, 0.15) is 0 Å². The molecule has 0 radical (unpaired) electrons. The first kappa shape index (κ1) is 15.0. The number of hydrogen-bond donors (Lipinski definition) is 2. The number of rotatable bonds is 4. The Morgan fingerprint density at radius 2 is 2.06 bits per heavy atom. The van der Waals surface area contributed by atoms with Crippen LogP contribution in [-0.4, -0.2) is 41.0 Å². The standard InChI is InChI=1S/C13H24N2O3/c1-4-13(12(17)18)6-5-7-15(8-13)11(16)10(14)9(2)3/h9-10H,4-8,14H2,1-3H3,(H,17,18). The molecule has 0 aromatic rings. The number of aliphatic carboxylic acids is 1. The maximum atomic E-state index is 12.2. The summed E-state index contributed by atoms with van der Waals surface area (Å²) < 4.78 is 0. The van der Waals surface area contributed by atoms with E-state index < -0.39 is 17.4 Å². The Morgan fingerprint density at radius 1 is 1.44 bits per heavy atom. The molecule has 5 nitrogen and oxygen atoms in total. The molecular weight excluding hydrogens is 232 g/mol. The molecule has 0 aromatic heterocycles. The molecule has 2 atom stereocenters. The molecule has 104 valence electrons. The SMILES string of the molecule is CCC1(C(=O)O)CCCN(C(=O)C(N)C(C)C)C1. The average Bonchev–Trinajstić information content (AvgIpc) is 2.36. The molecule has 1 rings (SSSR count). The zero-order chi connectivity index (χ0) is 13.9. The minimum absolute atomic E-state index is 0.0697. The van der Waals surface area contributed by atoms with Gasteiger partial charge in [-0.2, -0.15) is 0 Å². The summed E-state index contributed by atoms with van der Waals surface area (Å²) in [6.45, 7) is 6.57. The monoisotopic (exact) mass is 256 g/mol. The zero-order valence-electron chi connectivity index (χ0n) is 11.5. The molecule has 1 fully saturated rings. The van der Waals surface area contributed by atoms with Crippen LogP contribution in [0.1, 0.15) is 40.0 Å². The number of piperidine rings is 1. The lowest BCUT2D eigenvalue weighted by atomic mass is 9.77. The fourth-order valence-electron chi connectivity index (χ4n) is 2.43. The molecule has 0 aromatic carbocycles. The van der Waals surface area contributed by atoms with Crippen molar-refractivity contribution in [1.82, 2.24) is 4.90 Å². The summed E-state index contributed by atoms with van der Waals surface area (Å²) in [4.78, 5) is 25.2. The molecule has 1 aliphatic heterocycles. The minimum atomic E-state index is -0.805. The Bertz CT molecular complexity index is 330. The topological polar surface area (TPSA) is 83.6 Å². The largest absolute Gasteiger partial charge is 0.481 e. The van der Waals surface area contributed by atoms with E-state index in [2.05, 4.69) is 0 Å². The molecule has 0 spiro atoms. The molecule has 1 heterocycles. The van der Waals surface area contributed by atoms with E-state index in [9.17, 15) is 14.7 Å². The predicted octanol–water partition coefficient (Wildman–Crippen LogP) is 1.07. The van der Waals surface area contributed by atoms with E-state index in [0.29, 0.717) is 19.4 Å². The first-order chi connectivity index (χ1) is 8.34. The van der Waals surface area contributed by atoms with Gasteiger partial charge in [-0.05, 0) is 25.2 Å². The van der Waals surface area contributed by atoms with Gasteiger partial charge >= 0.3 is 5.97 Å². The van der Waals surface area contributed by atoms with Crippen LogP contribution in [0.2, 0.25) is 0 Å². The maximum absolute atomic E-state index is 12.2. The van der Waals surface area contributed by atoms with Crippen molar-refractivity contribution in [3.63, 3.8) is 0 Å². The second-order valence-electron chi connectivity index (χ2n) is 5.57. The number of nitrogens with two attached hydrogens (primary N) is 1. The van der Waals surface area contributed by atoms with Gasteiger partial charge in [-0.1, -0.05) is 20.8 Å². The van der Waals surface area contributed by atoms with Crippen molar-refractivity contribution in [2.24, 2.45) is 17.1 Å². The van der Waals surface area contributed by atoms with Crippen molar-refractivity contribution < 1.29 is 14.7 Å². The Hall–Kier alpha value is -1.10. The molecule has 2 unspecified atom stereocenters. The van der Waals surface area contributed by atoms with Gasteiger partial charge in [0.25, 0.3) is 0 Å². The number of nitrogens with zero attached hydrogens (tertiary/aromatic N) is 1. The molecule has 0 bridgehead atoms. The molecule has 0 aliphatic carbocycles. The van der Waals surface area contributed by atoms with Crippen LogP contribution in [-0.2, 0) is 9.59 Å². The van der Waals surface area contributed by atoms with Gasteiger partial charge < -0.3 is 15.7 Å². The Kier molecular flexibility index (Phi) is 4.73. The number of carbonyl (C=O) groups is 2. The molecule has 1 saturated heterocycles. The van der Waals surface area contributed by atoms with Crippen LogP contribution in [0.15, 0.2) is 0 Å². The number of likely N-dealkylation sites (tertiary alicyclic amines) is 1. The van der Waals surface area contributed by atoms with E-state index >= 15 is 0 Å². The normalized spacial score (nSPS) is 26.2. The quantitative estimate of drug-likeness (QED) is 0.788. The average molecular weight is 256 g/mol. The molecule has 3 N–H and O–H groups in total. The highest BCUT2D eigenvalue weighted by Gasteiger charge is 2.42. The van der Waals surface area contributed by atoms with Crippen molar-refractivity contribution in [2.75, 3.05) is 13.1 Å². The lowest BCUT2D eigenvalue weighted by Crippen LogP contribution is -2.54. The smallest absolute Gasteiger partial charge is 0.311 e. The third kappa shape index (κ3) is 2.83. The van der Waals surface area contributed by atoms with Crippen molar-refractivity contribution in [2.45, 2.75) is 46.1 Å². The Balaban J connectivity index is 2.81. The van der Waals surface area contributed by atoms with Gasteiger partial charge in [0.15, 0.2) is 0 Å². The lowest BCUT2D eigenvalue weighted by Gasteiger charge is -2.40. The molecule has 18 heavy (non-hydrogen) atoms. The second-order valence-corrected chi connectivity index (χ2v) is 5.57. The van der Waals surface area contributed by atoms with Crippen LogP contribution >= 0.6 is 0 Å². The zero-order valence-corrected chi connectivity index (χ0v) is 11.5. The van der Waals surface area contributed by atoms with Crippen molar-refractivity contribution in [1.29, 1.82) is 0 Å². The Labute approximate surface area is 108 Å². The van der Waals surface area contributed by atoms with E-state index in [1.54, 1.807) is 4.90 Å². The number of carboxylic acid groups (broad SMARTS) is 1. The highest BCUT2D eigenvalue weighted by Crippen LogP contribution is 2.34. The van der Waals surface area contributed by atoms with Crippen molar-refractivity contribution >= 4 is 11.9 Å². The van der Waals surface area contributed by atoms with Gasteiger partial charge in [-0.3, -0.25) is 9.59 Å². The molecule has 1 amide bonds. The lowest BCUT2D eigenvalue weighted by molar-refractivity contribution is -0.155. The van der Waals surface area contributed by atoms with Crippen molar-refractivity contribution in [3.8, 4) is 0 Å². The molecule has 0 saturated carbocycles. The highest BCUT2D eigenvalue weighted by molar-refractivity contribution is 5.83. The van der Waals surface area contributed by atoms with Crippen molar-refractivity contribution in [3.05, 3.63) is 0 Å². The van der Waals surface area contributed by atoms with Gasteiger partial charge in [0.05, 0.1) is 11.5 Å². The summed E-state index contributed by atoms with van der Waals surface area (Å²) >= 11 is 0. The maximum Gasteiger partial charge on any atom is 0.311 e. The highest BCUT2D eigenvalue weighted by atomic mass is 16.4. The van der Waals surface area contributed by atoms with E-state index in [-0.39, 0.29) is 18.4 Å². The fraction of sp³-hybridized carbons (Fsp3) is 0.846. The van der Waals surface area contributed by atoms with Crippen LogP contribution in [0.3, 0.4) is 0 Å². The summed E-state index contributed by atoms with van der Waals surface area (Å²) in [6, 6.07) is -0.536. The summed E-state index contributed by atoms with van der Waals surface area (Å²) in [7, 11) is 0. The number of carbonyl (C=O) groups excluding carboxylic acids is 1. The number of hydrogen-bond acceptors (Lipinski definition) is 3. The van der Waals surface area contributed by atoms with Gasteiger partial charge in [0, 0.05) is 13.1 Å². The van der Waals surface area contributed by atoms with E-state index in [0.717, 1.165) is 6.42 Å². The minimum Gasteiger partial charge on any atom is -0.481 e. The third-order valence-corrected chi connectivity index (χ3v) is 4.02. The molecule has 1 aliphatic rings. The van der Waals surface area contributed by atoms with E-state index in [4.69, 9.17) is 5.73 Å². The molecular formula is C13H24N2O3. The first-order valence-electron chi connectivity index (χ1n) is 6.62. The van der Waals surface area contributed by atoms with Gasteiger partial charge in [-0.25, -0.2) is 0 Å². The summed E-state index contributed by atoms with van der Waals surface area (Å²) in [6.07, 6.45) is 1.92. The van der Waals surface area contributed by atoms with E-state index in [1.165, 1.54) is 0 Å². The molecule has 5 heteroatoms. The third-order valence-electron chi connectivity index (χ3n) is 4.02. The van der Waals surface area contributed by atoms with Crippen LogP contribution < -0.4 is 5.73 Å². The number of carboxylic acids is 1. The van der Waals surface area contributed by atoms with Crippen LogP contribution in [0, 0.1) is 11.3 Å². The van der Waals surface area contributed by atoms with Gasteiger partial charge in [-0.15, -0.1) is 0 Å². The summed E-state index contributed by atoms with van der Waals surface area (Å²) in [5.41, 5.74) is 5.07. The Morgan fingerprint density at radius 3 is 2.50 bits per heavy atom. The predicted molar refractivity (Wildman–Crippen MR) is 69.0 cm³/mol. The summed E-state index contributed by atoms with van der Waals surface area (Å²) in [5, 5.41) is 9.37. The summed E-state index contributed by atoms with van der Waals surface area (Å²) in [5.74, 6) is -0.857.